The van der Waals surface area contributed by atoms with E-state index in [4.69, 9.17) is 0 Å². The van der Waals surface area contributed by atoms with E-state index in [1.807, 2.05) is 41.8 Å². The third-order valence-corrected chi connectivity index (χ3v) is 5.87. The van der Waals surface area contributed by atoms with Crippen molar-refractivity contribution in [3.8, 4) is 9.88 Å². The lowest BCUT2D eigenvalue weighted by Gasteiger charge is -2.19. The van der Waals surface area contributed by atoms with Crippen molar-refractivity contribution in [2.75, 3.05) is 16.8 Å². The van der Waals surface area contributed by atoms with Crippen LogP contribution in [-0.4, -0.2) is 23.3 Å². The Morgan fingerprint density at radius 1 is 1.16 bits per heavy atom. The Morgan fingerprint density at radius 2 is 2.04 bits per heavy atom. The van der Waals surface area contributed by atoms with Gasteiger partial charge in [0, 0.05) is 18.3 Å². The van der Waals surface area contributed by atoms with Crippen molar-refractivity contribution in [1.82, 2.24) is 4.98 Å². The predicted octanol–water partition coefficient (Wildman–Crippen LogP) is 4.25. The largest absolute Gasteiger partial charge is 0.319 e. The molecule has 4 rings (SSSR count). The Labute approximate surface area is 152 Å². The lowest BCUT2D eigenvalue weighted by molar-refractivity contribution is -0.117. The average molecular weight is 369 g/mol. The van der Waals surface area contributed by atoms with Gasteiger partial charge in [0.15, 0.2) is 0 Å². The number of hydrogen-bond acceptors (Lipinski definition) is 5. The van der Waals surface area contributed by atoms with Crippen LogP contribution in [0.1, 0.15) is 23.3 Å². The molecule has 2 aromatic heterocycles. The van der Waals surface area contributed by atoms with Gasteiger partial charge >= 0.3 is 0 Å². The molecule has 0 unspecified atom stereocenters. The molecule has 5 nitrogen and oxygen atoms in total. The van der Waals surface area contributed by atoms with Crippen molar-refractivity contribution < 1.29 is 9.59 Å². The number of para-hydroxylation sites is 2. The summed E-state index contributed by atoms with van der Waals surface area (Å²) in [7, 11) is 0. The van der Waals surface area contributed by atoms with E-state index in [1.54, 1.807) is 21.6 Å². The molecule has 0 aliphatic carbocycles. The number of thiazole rings is 1. The van der Waals surface area contributed by atoms with Gasteiger partial charge in [0.2, 0.25) is 5.91 Å². The van der Waals surface area contributed by atoms with E-state index in [1.165, 1.54) is 11.3 Å². The molecule has 3 aromatic rings. The van der Waals surface area contributed by atoms with Crippen LogP contribution in [0.4, 0.5) is 11.4 Å². The fraction of sp³-hybridized carbons (Fsp3) is 0.167. The van der Waals surface area contributed by atoms with E-state index in [0.29, 0.717) is 24.3 Å². The van der Waals surface area contributed by atoms with Crippen molar-refractivity contribution in [1.29, 1.82) is 0 Å². The maximum atomic E-state index is 12.6. The highest BCUT2D eigenvalue weighted by Crippen LogP contribution is 2.31. The van der Waals surface area contributed by atoms with Crippen LogP contribution in [-0.2, 0) is 4.79 Å². The first-order chi connectivity index (χ1) is 12.2. The van der Waals surface area contributed by atoms with Crippen molar-refractivity contribution in [2.24, 2.45) is 0 Å². The van der Waals surface area contributed by atoms with Crippen LogP contribution in [0.2, 0.25) is 0 Å². The highest BCUT2D eigenvalue weighted by Gasteiger charge is 2.24. The summed E-state index contributed by atoms with van der Waals surface area (Å²) in [6, 6.07) is 11.3. The molecule has 1 aliphatic rings. The number of rotatable bonds is 4. The van der Waals surface area contributed by atoms with E-state index in [-0.39, 0.29) is 11.8 Å². The molecule has 1 aliphatic heterocycles. The minimum atomic E-state index is -0.266. The first-order valence-corrected chi connectivity index (χ1v) is 9.68. The first-order valence-electron chi connectivity index (χ1n) is 7.92. The topological polar surface area (TPSA) is 62.3 Å². The Morgan fingerprint density at radius 3 is 2.80 bits per heavy atom. The van der Waals surface area contributed by atoms with Gasteiger partial charge in [-0.2, -0.15) is 0 Å². The quantitative estimate of drug-likeness (QED) is 0.748. The molecule has 0 saturated carbocycles. The van der Waals surface area contributed by atoms with E-state index in [0.717, 1.165) is 22.0 Å². The van der Waals surface area contributed by atoms with Gasteiger partial charge in [-0.25, -0.2) is 4.98 Å². The van der Waals surface area contributed by atoms with Crippen LogP contribution in [0.25, 0.3) is 9.88 Å². The smallest absolute Gasteiger partial charge is 0.275 e. The highest BCUT2D eigenvalue weighted by molar-refractivity contribution is 7.20. The number of amides is 2. The molecule has 2 amide bonds. The molecule has 3 heterocycles. The van der Waals surface area contributed by atoms with E-state index in [2.05, 4.69) is 10.3 Å². The van der Waals surface area contributed by atoms with Crippen LogP contribution < -0.4 is 10.2 Å². The van der Waals surface area contributed by atoms with Crippen LogP contribution in [0.5, 0.6) is 0 Å². The first kappa shape index (κ1) is 16.0. The Hall–Kier alpha value is -2.51. The monoisotopic (exact) mass is 369 g/mol. The molecule has 126 valence electrons. The summed E-state index contributed by atoms with van der Waals surface area (Å²) in [6.07, 6.45) is 1.40. The fourth-order valence-electron chi connectivity index (χ4n) is 2.80. The van der Waals surface area contributed by atoms with Crippen molar-refractivity contribution in [3.63, 3.8) is 0 Å². The zero-order chi connectivity index (χ0) is 17.2. The second kappa shape index (κ2) is 6.78. The third-order valence-electron chi connectivity index (χ3n) is 3.99. The van der Waals surface area contributed by atoms with Gasteiger partial charge in [-0.3, -0.25) is 9.59 Å². The molecule has 0 radical (unpaired) electrons. The molecule has 0 spiro atoms. The summed E-state index contributed by atoms with van der Waals surface area (Å²) in [6.45, 7) is 0.685. The van der Waals surface area contributed by atoms with Gasteiger partial charge in [-0.1, -0.05) is 18.2 Å². The number of carbonyl (C=O) groups is 2. The minimum absolute atomic E-state index is 0.0929. The molecule has 0 atom stereocenters. The van der Waals surface area contributed by atoms with Crippen LogP contribution in [0, 0.1) is 0 Å². The summed E-state index contributed by atoms with van der Waals surface area (Å²) in [5.74, 6) is -0.173. The average Bonchev–Trinajstić information content (AvgIpc) is 3.36. The zero-order valence-electron chi connectivity index (χ0n) is 13.3. The van der Waals surface area contributed by atoms with Crippen LogP contribution in [0.15, 0.2) is 47.2 Å². The fourth-order valence-corrected chi connectivity index (χ4v) is 4.41. The van der Waals surface area contributed by atoms with E-state index >= 15 is 0 Å². The predicted molar refractivity (Wildman–Crippen MR) is 101 cm³/mol. The van der Waals surface area contributed by atoms with E-state index in [9.17, 15) is 9.59 Å². The SMILES string of the molecule is O=C(Nc1ccccc1N1CCCC1=O)c1csc(-c2cccs2)n1. The summed E-state index contributed by atoms with van der Waals surface area (Å²) in [4.78, 5) is 31.8. The normalized spacial score (nSPS) is 14.1. The van der Waals surface area contributed by atoms with Crippen molar-refractivity contribution in [2.45, 2.75) is 12.8 Å². The Balaban J connectivity index is 1.56. The van der Waals surface area contributed by atoms with Gasteiger partial charge in [-0.15, -0.1) is 22.7 Å². The van der Waals surface area contributed by atoms with E-state index < -0.39 is 0 Å². The third kappa shape index (κ3) is 3.20. The van der Waals surface area contributed by atoms with Crippen molar-refractivity contribution in [3.05, 3.63) is 52.9 Å². The molecule has 1 saturated heterocycles. The minimum Gasteiger partial charge on any atom is -0.319 e. The number of anilines is 2. The molecular weight excluding hydrogens is 354 g/mol. The van der Waals surface area contributed by atoms with Crippen molar-refractivity contribution >= 4 is 45.9 Å². The van der Waals surface area contributed by atoms with Gasteiger partial charge in [-0.05, 0) is 30.0 Å². The molecule has 1 aromatic carbocycles. The van der Waals surface area contributed by atoms with Gasteiger partial charge in [0.1, 0.15) is 10.7 Å². The van der Waals surface area contributed by atoms with Crippen LogP contribution in [0.3, 0.4) is 0 Å². The molecule has 1 N–H and O–H groups in total. The molecular formula is C18H15N3O2S2. The maximum absolute atomic E-state index is 12.6. The Kier molecular flexibility index (Phi) is 4.33. The summed E-state index contributed by atoms with van der Waals surface area (Å²) in [5.41, 5.74) is 1.76. The molecule has 0 bridgehead atoms. The van der Waals surface area contributed by atoms with Gasteiger partial charge in [0.25, 0.3) is 5.91 Å². The number of nitrogens with zero attached hydrogens (tertiary/aromatic N) is 2. The highest BCUT2D eigenvalue weighted by atomic mass is 32.1. The van der Waals surface area contributed by atoms with Crippen LogP contribution >= 0.6 is 22.7 Å². The van der Waals surface area contributed by atoms with Gasteiger partial charge < -0.3 is 10.2 Å². The number of hydrogen-bond donors (Lipinski definition) is 1. The number of benzene rings is 1. The number of thiophene rings is 1. The molecule has 1 fully saturated rings. The zero-order valence-corrected chi connectivity index (χ0v) is 14.9. The second-order valence-electron chi connectivity index (χ2n) is 5.64. The molecule has 7 heteroatoms. The second-order valence-corrected chi connectivity index (χ2v) is 7.44. The lowest BCUT2D eigenvalue weighted by Crippen LogP contribution is -2.25. The summed E-state index contributed by atoms with van der Waals surface area (Å²) in [5, 5.41) is 7.48. The number of nitrogens with one attached hydrogen (secondary N) is 1. The standard InChI is InChI=1S/C18H15N3O2S2/c22-16-8-3-9-21(16)14-6-2-1-5-12(14)19-17(23)13-11-25-18(20-13)15-7-4-10-24-15/h1-2,4-7,10-11H,3,8-9H2,(H,19,23). The number of carbonyl (C=O) groups excluding carboxylic acids is 2. The molecule has 25 heavy (non-hydrogen) atoms. The Bertz CT molecular complexity index is 918. The maximum Gasteiger partial charge on any atom is 0.275 e. The summed E-state index contributed by atoms with van der Waals surface area (Å²) >= 11 is 3.05. The number of aromatic nitrogens is 1. The lowest BCUT2D eigenvalue weighted by atomic mass is 10.2. The summed E-state index contributed by atoms with van der Waals surface area (Å²) < 4.78 is 0. The van der Waals surface area contributed by atoms with Gasteiger partial charge in [0.05, 0.1) is 16.3 Å².